The summed E-state index contributed by atoms with van der Waals surface area (Å²) in [6.45, 7) is 16.0. The third-order valence-electron chi connectivity index (χ3n) is 8.71. The first-order valence-electron chi connectivity index (χ1n) is 16.9. The summed E-state index contributed by atoms with van der Waals surface area (Å²) < 4.78 is 19.1. The van der Waals surface area contributed by atoms with Crippen molar-refractivity contribution in [1.82, 2.24) is 9.97 Å². The summed E-state index contributed by atoms with van der Waals surface area (Å²) in [7, 11) is -1.54. The molecule has 7 rings (SSSR count). The SMILES string of the molecule is CC(C)(C)Cc1ccnc(-c2[c-]cc3oc4ccccc4c3c2)c1.CC(c1ccccc1)c1cc(-c2[c-]cc(F)cc2)ncc1[Si](C)(C)C.[Ir]. The summed E-state index contributed by atoms with van der Waals surface area (Å²) in [5, 5.41) is 3.62. The van der Waals surface area contributed by atoms with E-state index in [-0.39, 0.29) is 37.3 Å². The largest absolute Gasteiger partial charge is 0.500 e. The average molecular weight is 855 g/mol. The Hall–Kier alpha value is -4.22. The van der Waals surface area contributed by atoms with Gasteiger partial charge >= 0.3 is 0 Å². The van der Waals surface area contributed by atoms with Crippen molar-refractivity contribution in [1.29, 1.82) is 0 Å². The van der Waals surface area contributed by atoms with Gasteiger partial charge in [0.15, 0.2) is 0 Å². The smallest absolute Gasteiger partial charge is 0.120 e. The summed E-state index contributed by atoms with van der Waals surface area (Å²) in [6, 6.07) is 40.0. The van der Waals surface area contributed by atoms with Gasteiger partial charge in [-0.05, 0) is 51.7 Å². The van der Waals surface area contributed by atoms with Crippen LogP contribution in [0.3, 0.4) is 0 Å². The average Bonchev–Trinajstić information content (AvgIpc) is 3.46. The Kier molecular flexibility index (Phi) is 11.4. The first-order valence-corrected chi connectivity index (χ1v) is 20.4. The van der Waals surface area contributed by atoms with Gasteiger partial charge in [0.2, 0.25) is 0 Å². The molecule has 1 unspecified atom stereocenters. The standard InChI is InChI=1S/C22H23FNSi.C22H20NO.Ir/c1-16(17-8-6-5-7-9-17)20-14-21(18-10-12-19(23)13-11-18)24-15-22(20)25(2,3)4;1-22(2,3)14-15-10-11-23-19(12-15)16-8-9-21-18(13-16)17-6-4-5-7-20(17)24-21;/h5-10,12-16H,1-4H3;4-7,9-13H,14H2,1-3H3;/q2*-1;. The Bertz CT molecular complexity index is 2200. The van der Waals surface area contributed by atoms with Gasteiger partial charge in [0, 0.05) is 49.6 Å². The topological polar surface area (TPSA) is 38.9 Å². The van der Waals surface area contributed by atoms with Crippen molar-refractivity contribution in [2.45, 2.75) is 59.7 Å². The first kappa shape index (κ1) is 37.0. The van der Waals surface area contributed by atoms with E-state index in [2.05, 4.69) is 124 Å². The van der Waals surface area contributed by atoms with Crippen molar-refractivity contribution in [3.63, 3.8) is 0 Å². The van der Waals surface area contributed by atoms with Gasteiger partial charge in [0.05, 0.1) is 13.7 Å². The minimum absolute atomic E-state index is 0. The zero-order valence-corrected chi connectivity index (χ0v) is 33.2. The molecule has 0 saturated heterocycles. The molecule has 3 aromatic heterocycles. The number of hydrogen-bond acceptors (Lipinski definition) is 3. The molecule has 3 nitrogen and oxygen atoms in total. The summed E-state index contributed by atoms with van der Waals surface area (Å²) in [4.78, 5) is 9.21. The molecule has 0 aliphatic heterocycles. The Morgan fingerprint density at radius 3 is 2.16 bits per heavy atom. The fourth-order valence-corrected chi connectivity index (χ4v) is 7.86. The zero-order chi connectivity index (χ0) is 34.8. The van der Waals surface area contributed by atoms with Crippen molar-refractivity contribution in [2.24, 2.45) is 5.41 Å². The van der Waals surface area contributed by atoms with Crippen molar-refractivity contribution in [3.05, 3.63) is 150 Å². The van der Waals surface area contributed by atoms with Gasteiger partial charge in [-0.25, -0.2) is 0 Å². The van der Waals surface area contributed by atoms with Gasteiger partial charge in [-0.3, -0.25) is 4.39 Å². The van der Waals surface area contributed by atoms with Gasteiger partial charge in [0.25, 0.3) is 0 Å². The maximum Gasteiger partial charge on any atom is 0.120 e. The molecule has 0 spiro atoms. The molecule has 0 N–H and O–H groups in total. The molecule has 0 amide bonds. The van der Waals surface area contributed by atoms with E-state index in [9.17, 15) is 4.39 Å². The number of hydrogen-bond donors (Lipinski definition) is 0. The Morgan fingerprint density at radius 2 is 1.46 bits per heavy atom. The second-order valence-electron chi connectivity index (χ2n) is 15.0. The monoisotopic (exact) mass is 855 g/mol. The molecule has 0 fully saturated rings. The van der Waals surface area contributed by atoms with Gasteiger partial charge in [0.1, 0.15) is 5.58 Å². The molecule has 1 radical (unpaired) electrons. The molecule has 3 heterocycles. The predicted octanol–water partition coefficient (Wildman–Crippen LogP) is 11.4. The third kappa shape index (κ3) is 8.73. The molecular weight excluding hydrogens is 812 g/mol. The van der Waals surface area contributed by atoms with Gasteiger partial charge in [-0.1, -0.05) is 119 Å². The van der Waals surface area contributed by atoms with Crippen molar-refractivity contribution >= 4 is 35.2 Å². The van der Waals surface area contributed by atoms with Crippen LogP contribution in [0.5, 0.6) is 0 Å². The van der Waals surface area contributed by atoms with Crippen LogP contribution in [-0.2, 0) is 26.5 Å². The van der Waals surface area contributed by atoms with Crippen LogP contribution in [0.15, 0.2) is 120 Å². The summed E-state index contributed by atoms with van der Waals surface area (Å²) in [5.41, 5.74) is 9.58. The molecule has 0 bridgehead atoms. The number of pyridine rings is 2. The van der Waals surface area contributed by atoms with Crippen LogP contribution < -0.4 is 5.19 Å². The van der Waals surface area contributed by atoms with Crippen LogP contribution in [0.4, 0.5) is 4.39 Å². The van der Waals surface area contributed by atoms with Crippen LogP contribution in [0.2, 0.25) is 19.6 Å². The summed E-state index contributed by atoms with van der Waals surface area (Å²) >= 11 is 0. The molecule has 0 aliphatic rings. The predicted molar refractivity (Wildman–Crippen MR) is 204 cm³/mol. The van der Waals surface area contributed by atoms with E-state index >= 15 is 0 Å². The van der Waals surface area contributed by atoms with Crippen LogP contribution >= 0.6 is 0 Å². The number of para-hydroxylation sites is 1. The van der Waals surface area contributed by atoms with Crippen molar-refractivity contribution in [3.8, 4) is 22.5 Å². The fraction of sp³-hybridized carbons (Fsp3) is 0.227. The summed E-state index contributed by atoms with van der Waals surface area (Å²) in [6.07, 6.45) is 4.94. The number of rotatable bonds is 6. The maximum atomic E-state index is 13.2. The van der Waals surface area contributed by atoms with Gasteiger partial charge < -0.3 is 14.4 Å². The molecule has 6 heteroatoms. The quantitative estimate of drug-likeness (QED) is 0.124. The molecule has 0 aliphatic carbocycles. The number of halogens is 1. The van der Waals surface area contributed by atoms with Crippen molar-refractivity contribution < 1.29 is 28.9 Å². The molecule has 7 aromatic rings. The molecule has 50 heavy (non-hydrogen) atoms. The molecule has 4 aromatic carbocycles. The minimum Gasteiger partial charge on any atom is -0.500 e. The first-order chi connectivity index (χ1) is 23.4. The Balaban J connectivity index is 0.000000191. The van der Waals surface area contributed by atoms with E-state index < -0.39 is 8.07 Å². The third-order valence-corrected chi connectivity index (χ3v) is 10.7. The number of aromatic nitrogens is 2. The van der Waals surface area contributed by atoms with E-state index in [4.69, 9.17) is 4.42 Å². The van der Waals surface area contributed by atoms with E-state index in [1.54, 1.807) is 6.07 Å². The molecule has 1 atom stereocenters. The Labute approximate surface area is 310 Å². The molecule has 257 valence electrons. The molecular formula is C44H43FIrN2OSi-2. The second kappa shape index (κ2) is 15.3. The summed E-state index contributed by atoms with van der Waals surface area (Å²) in [5.74, 6) is 0.00506. The van der Waals surface area contributed by atoms with Crippen LogP contribution in [0.1, 0.15) is 50.3 Å². The van der Waals surface area contributed by atoms with E-state index in [1.165, 1.54) is 34.0 Å². The second-order valence-corrected chi connectivity index (χ2v) is 20.0. The maximum absolute atomic E-state index is 13.2. The minimum atomic E-state index is -1.54. The van der Waals surface area contributed by atoms with Crippen LogP contribution in [0, 0.1) is 23.4 Å². The van der Waals surface area contributed by atoms with Gasteiger partial charge in [-0.2, -0.15) is 0 Å². The van der Waals surface area contributed by atoms with Crippen LogP contribution in [0.25, 0.3) is 44.5 Å². The fourth-order valence-electron chi connectivity index (χ4n) is 6.25. The van der Waals surface area contributed by atoms with E-state index in [1.807, 2.05) is 42.7 Å². The zero-order valence-electron chi connectivity index (χ0n) is 29.8. The van der Waals surface area contributed by atoms with Crippen LogP contribution in [-0.4, -0.2) is 18.0 Å². The van der Waals surface area contributed by atoms with E-state index in [0.29, 0.717) is 0 Å². The number of furan rings is 1. The van der Waals surface area contributed by atoms with Crippen molar-refractivity contribution in [2.75, 3.05) is 0 Å². The van der Waals surface area contributed by atoms with E-state index in [0.717, 1.165) is 50.9 Å². The number of fused-ring (bicyclic) bond motifs is 3. The number of benzene rings is 4. The number of nitrogens with zero attached hydrogens (tertiary/aromatic N) is 2. The van der Waals surface area contributed by atoms with Gasteiger partial charge in [-0.15, -0.1) is 53.6 Å². The Morgan fingerprint density at radius 1 is 0.760 bits per heavy atom. The molecule has 0 saturated carbocycles. The normalized spacial score (nSPS) is 12.2.